The Hall–Kier alpha value is -1.23. The van der Waals surface area contributed by atoms with Crippen molar-refractivity contribution in [1.82, 2.24) is 9.97 Å². The summed E-state index contributed by atoms with van der Waals surface area (Å²) >= 11 is 17.9. The molecule has 0 fully saturated rings. The van der Waals surface area contributed by atoms with Gasteiger partial charge < -0.3 is 10.1 Å². The third-order valence-electron chi connectivity index (χ3n) is 2.44. The molecule has 0 aliphatic carbocycles. The Bertz CT molecular complexity index is 634. The lowest BCUT2D eigenvalue weighted by Gasteiger charge is -2.11. The van der Waals surface area contributed by atoms with Gasteiger partial charge in [0.05, 0.1) is 15.1 Å². The molecule has 4 nitrogen and oxygen atoms in total. The molecule has 106 valence electrons. The van der Waals surface area contributed by atoms with Crippen molar-refractivity contribution in [3.05, 3.63) is 39.0 Å². The standard InChI is InChI=1S/C13H12Cl3N3O/c1-3-17-13-18-6-7(2)12(19-13)20-11-5-9(15)8(14)4-10(11)16/h4-6H,3H2,1-2H3,(H,17,18,19). The molecule has 1 aromatic carbocycles. The first-order chi connectivity index (χ1) is 9.51. The molecule has 7 heteroatoms. The summed E-state index contributed by atoms with van der Waals surface area (Å²) in [7, 11) is 0. The highest BCUT2D eigenvalue weighted by atomic mass is 35.5. The zero-order chi connectivity index (χ0) is 14.7. The SMILES string of the molecule is CCNc1ncc(C)c(Oc2cc(Cl)c(Cl)cc2Cl)n1. The Morgan fingerprint density at radius 1 is 1.15 bits per heavy atom. The highest BCUT2D eigenvalue weighted by molar-refractivity contribution is 6.43. The topological polar surface area (TPSA) is 47.0 Å². The smallest absolute Gasteiger partial charge is 0.227 e. The molecule has 1 N–H and O–H groups in total. The lowest BCUT2D eigenvalue weighted by molar-refractivity contribution is 0.458. The van der Waals surface area contributed by atoms with Crippen LogP contribution in [0, 0.1) is 6.92 Å². The lowest BCUT2D eigenvalue weighted by Crippen LogP contribution is -2.03. The number of anilines is 1. The van der Waals surface area contributed by atoms with Crippen LogP contribution in [0.4, 0.5) is 5.95 Å². The summed E-state index contributed by atoms with van der Waals surface area (Å²) in [6.45, 7) is 4.52. The Morgan fingerprint density at radius 3 is 2.55 bits per heavy atom. The van der Waals surface area contributed by atoms with E-state index in [2.05, 4.69) is 15.3 Å². The predicted molar refractivity (Wildman–Crippen MR) is 82.5 cm³/mol. The second-order valence-electron chi connectivity index (χ2n) is 4.01. The summed E-state index contributed by atoms with van der Waals surface area (Å²) in [6, 6.07) is 3.09. The molecule has 20 heavy (non-hydrogen) atoms. The first-order valence-electron chi connectivity index (χ1n) is 5.91. The van der Waals surface area contributed by atoms with Crippen LogP contribution in [0.15, 0.2) is 18.3 Å². The molecule has 0 amide bonds. The van der Waals surface area contributed by atoms with Crippen molar-refractivity contribution in [3.63, 3.8) is 0 Å². The summed E-state index contributed by atoms with van der Waals surface area (Å²) in [5.74, 6) is 1.30. The Balaban J connectivity index is 2.34. The molecule has 0 atom stereocenters. The van der Waals surface area contributed by atoms with Gasteiger partial charge in [0.1, 0.15) is 5.75 Å². The van der Waals surface area contributed by atoms with Gasteiger partial charge in [0.15, 0.2) is 0 Å². The Morgan fingerprint density at radius 2 is 1.85 bits per heavy atom. The molecule has 0 saturated heterocycles. The maximum Gasteiger partial charge on any atom is 0.227 e. The first-order valence-corrected chi connectivity index (χ1v) is 7.04. The van der Waals surface area contributed by atoms with Gasteiger partial charge in [-0.2, -0.15) is 4.98 Å². The van der Waals surface area contributed by atoms with E-state index >= 15 is 0 Å². The highest BCUT2D eigenvalue weighted by Crippen LogP contribution is 2.36. The van der Waals surface area contributed by atoms with Gasteiger partial charge in [-0.15, -0.1) is 0 Å². The fraction of sp³-hybridized carbons (Fsp3) is 0.231. The van der Waals surface area contributed by atoms with Crippen LogP contribution in [0.3, 0.4) is 0 Å². The molecule has 0 radical (unpaired) electrons. The van der Waals surface area contributed by atoms with Crippen LogP contribution in [0.2, 0.25) is 15.1 Å². The molecule has 0 bridgehead atoms. The Kier molecular flexibility index (Phi) is 4.91. The number of benzene rings is 1. The zero-order valence-corrected chi connectivity index (χ0v) is 13.1. The van der Waals surface area contributed by atoms with Crippen molar-refractivity contribution in [2.24, 2.45) is 0 Å². The van der Waals surface area contributed by atoms with Crippen LogP contribution in [0.25, 0.3) is 0 Å². The molecule has 0 aliphatic rings. The van der Waals surface area contributed by atoms with Crippen molar-refractivity contribution in [2.75, 3.05) is 11.9 Å². The summed E-state index contributed by atoms with van der Waals surface area (Å²) in [4.78, 5) is 8.41. The number of nitrogens with one attached hydrogen (secondary N) is 1. The van der Waals surface area contributed by atoms with Crippen LogP contribution >= 0.6 is 34.8 Å². The third-order valence-corrected chi connectivity index (χ3v) is 3.46. The number of ether oxygens (including phenoxy) is 1. The number of halogens is 3. The quantitative estimate of drug-likeness (QED) is 0.803. The maximum absolute atomic E-state index is 6.08. The molecule has 2 aromatic rings. The van der Waals surface area contributed by atoms with Crippen LogP contribution in [0.5, 0.6) is 11.6 Å². The molecule has 0 aliphatic heterocycles. The summed E-state index contributed by atoms with van der Waals surface area (Å²) in [6.07, 6.45) is 1.67. The molecular weight excluding hydrogens is 321 g/mol. The fourth-order valence-electron chi connectivity index (χ4n) is 1.46. The number of nitrogens with zero attached hydrogens (tertiary/aromatic N) is 2. The lowest BCUT2D eigenvalue weighted by atomic mass is 10.3. The molecule has 0 spiro atoms. The average Bonchev–Trinajstić information content (AvgIpc) is 2.40. The number of aromatic nitrogens is 2. The van der Waals surface area contributed by atoms with Gasteiger partial charge in [-0.25, -0.2) is 4.98 Å². The monoisotopic (exact) mass is 331 g/mol. The number of hydrogen-bond acceptors (Lipinski definition) is 4. The van der Waals surface area contributed by atoms with Crippen molar-refractivity contribution >= 4 is 40.8 Å². The molecule has 1 heterocycles. The van der Waals surface area contributed by atoms with Crippen molar-refractivity contribution in [3.8, 4) is 11.6 Å². The molecule has 0 saturated carbocycles. The normalized spacial score (nSPS) is 10.4. The van der Waals surface area contributed by atoms with E-state index in [1.807, 2.05) is 13.8 Å². The molecule has 1 aromatic heterocycles. The van der Waals surface area contributed by atoms with E-state index in [4.69, 9.17) is 39.5 Å². The van der Waals surface area contributed by atoms with Crippen LogP contribution in [-0.2, 0) is 0 Å². The van der Waals surface area contributed by atoms with E-state index in [1.54, 1.807) is 12.3 Å². The van der Waals surface area contributed by atoms with Gasteiger partial charge in [0.2, 0.25) is 11.8 Å². The Labute approximate surface area is 132 Å². The number of rotatable bonds is 4. The van der Waals surface area contributed by atoms with Crippen molar-refractivity contribution in [1.29, 1.82) is 0 Å². The van der Waals surface area contributed by atoms with E-state index in [-0.39, 0.29) is 0 Å². The van der Waals surface area contributed by atoms with Gasteiger partial charge in [-0.05, 0) is 19.9 Å². The van der Waals surface area contributed by atoms with Gasteiger partial charge in [-0.3, -0.25) is 0 Å². The zero-order valence-electron chi connectivity index (χ0n) is 10.9. The van der Waals surface area contributed by atoms with E-state index in [1.165, 1.54) is 6.07 Å². The second-order valence-corrected chi connectivity index (χ2v) is 5.23. The largest absolute Gasteiger partial charge is 0.437 e. The van der Waals surface area contributed by atoms with Crippen molar-refractivity contribution < 1.29 is 4.74 Å². The molecule has 0 unspecified atom stereocenters. The van der Waals surface area contributed by atoms with Crippen LogP contribution < -0.4 is 10.1 Å². The van der Waals surface area contributed by atoms with Gasteiger partial charge >= 0.3 is 0 Å². The van der Waals surface area contributed by atoms with E-state index in [9.17, 15) is 0 Å². The number of hydrogen-bond donors (Lipinski definition) is 1. The van der Waals surface area contributed by atoms with Gasteiger partial charge in [-0.1, -0.05) is 34.8 Å². The minimum absolute atomic E-state index is 0.363. The molecular formula is C13H12Cl3N3O. The van der Waals surface area contributed by atoms with Gasteiger partial charge in [0.25, 0.3) is 0 Å². The maximum atomic E-state index is 6.08. The fourth-order valence-corrected chi connectivity index (χ4v) is 2.04. The third kappa shape index (κ3) is 3.45. The minimum Gasteiger partial charge on any atom is -0.437 e. The van der Waals surface area contributed by atoms with Crippen LogP contribution in [-0.4, -0.2) is 16.5 Å². The summed E-state index contributed by atoms with van der Waals surface area (Å²) < 4.78 is 5.70. The highest BCUT2D eigenvalue weighted by Gasteiger charge is 2.11. The number of aryl methyl sites for hydroxylation is 1. The minimum atomic E-state index is 0.363. The first kappa shape index (κ1) is 15.2. The average molecular weight is 333 g/mol. The van der Waals surface area contributed by atoms with Crippen molar-refractivity contribution in [2.45, 2.75) is 13.8 Å². The predicted octanol–water partition coefficient (Wildman–Crippen LogP) is 4.97. The van der Waals surface area contributed by atoms with E-state index < -0.39 is 0 Å². The van der Waals surface area contributed by atoms with E-state index in [0.29, 0.717) is 32.6 Å². The molecule has 2 rings (SSSR count). The summed E-state index contributed by atoms with van der Waals surface area (Å²) in [5.41, 5.74) is 0.786. The van der Waals surface area contributed by atoms with E-state index in [0.717, 1.165) is 12.1 Å². The second kappa shape index (κ2) is 6.48. The van der Waals surface area contributed by atoms with Crippen LogP contribution in [0.1, 0.15) is 12.5 Å². The van der Waals surface area contributed by atoms with Gasteiger partial charge in [0, 0.05) is 24.4 Å². The summed E-state index contributed by atoms with van der Waals surface area (Å²) in [5, 5.41) is 4.11.